The first-order chi connectivity index (χ1) is 9.81. The molecule has 1 unspecified atom stereocenters. The SMILES string of the molecule is COc1ccc2c(n1)OC(c1ccccc1)=CC2C=O. The van der Waals surface area contributed by atoms with Gasteiger partial charge in [0.25, 0.3) is 0 Å². The Bertz CT molecular complexity index is 665. The number of aromatic nitrogens is 1. The second kappa shape index (κ2) is 5.17. The molecule has 2 heterocycles. The number of methoxy groups -OCH3 is 1. The van der Waals surface area contributed by atoms with E-state index in [0.717, 1.165) is 17.4 Å². The number of carbonyl (C=O) groups excluding carboxylic acids is 1. The molecular formula is C16H13NO3. The molecule has 1 aromatic heterocycles. The molecule has 1 aromatic carbocycles. The fourth-order valence-corrected chi connectivity index (χ4v) is 2.14. The van der Waals surface area contributed by atoms with Gasteiger partial charge in [0.2, 0.25) is 11.8 Å². The molecule has 0 aliphatic carbocycles. The van der Waals surface area contributed by atoms with Gasteiger partial charge in [0.1, 0.15) is 12.0 Å². The zero-order valence-electron chi connectivity index (χ0n) is 10.9. The largest absolute Gasteiger partial charge is 0.481 e. The van der Waals surface area contributed by atoms with Crippen LogP contribution in [0.4, 0.5) is 0 Å². The van der Waals surface area contributed by atoms with Gasteiger partial charge in [0, 0.05) is 17.2 Å². The lowest BCUT2D eigenvalue weighted by Crippen LogP contribution is -2.11. The van der Waals surface area contributed by atoms with Gasteiger partial charge < -0.3 is 14.3 Å². The quantitative estimate of drug-likeness (QED) is 0.802. The van der Waals surface area contributed by atoms with E-state index in [-0.39, 0.29) is 5.92 Å². The molecule has 0 fully saturated rings. The molecule has 0 radical (unpaired) electrons. The van der Waals surface area contributed by atoms with Crippen molar-refractivity contribution in [3.05, 3.63) is 59.7 Å². The number of nitrogens with zero attached hydrogens (tertiary/aromatic N) is 1. The second-order valence-electron chi connectivity index (χ2n) is 4.41. The van der Waals surface area contributed by atoms with Crippen molar-refractivity contribution in [1.82, 2.24) is 4.98 Å². The van der Waals surface area contributed by atoms with Crippen molar-refractivity contribution in [1.29, 1.82) is 0 Å². The molecule has 0 spiro atoms. The monoisotopic (exact) mass is 267 g/mol. The van der Waals surface area contributed by atoms with Gasteiger partial charge in [-0.05, 0) is 12.1 Å². The van der Waals surface area contributed by atoms with Crippen LogP contribution in [-0.2, 0) is 4.79 Å². The molecule has 0 saturated carbocycles. The highest BCUT2D eigenvalue weighted by Gasteiger charge is 2.24. The van der Waals surface area contributed by atoms with Crippen molar-refractivity contribution < 1.29 is 14.3 Å². The number of carbonyl (C=O) groups is 1. The minimum Gasteiger partial charge on any atom is -0.481 e. The predicted molar refractivity (Wildman–Crippen MR) is 74.6 cm³/mol. The normalized spacial score (nSPS) is 16.6. The van der Waals surface area contributed by atoms with Crippen LogP contribution in [0.25, 0.3) is 5.76 Å². The smallest absolute Gasteiger partial charge is 0.226 e. The van der Waals surface area contributed by atoms with Crippen LogP contribution in [0.3, 0.4) is 0 Å². The molecule has 2 aromatic rings. The molecule has 1 aliphatic heterocycles. The third kappa shape index (κ3) is 2.16. The Morgan fingerprint density at radius 2 is 2.00 bits per heavy atom. The third-order valence-electron chi connectivity index (χ3n) is 3.17. The number of hydrogen-bond donors (Lipinski definition) is 0. The summed E-state index contributed by atoms with van der Waals surface area (Å²) < 4.78 is 10.9. The third-order valence-corrected chi connectivity index (χ3v) is 3.17. The maximum Gasteiger partial charge on any atom is 0.226 e. The van der Waals surface area contributed by atoms with Crippen molar-refractivity contribution >= 4 is 12.0 Å². The summed E-state index contributed by atoms with van der Waals surface area (Å²) in [6, 6.07) is 13.2. The highest BCUT2D eigenvalue weighted by atomic mass is 16.5. The van der Waals surface area contributed by atoms with Crippen LogP contribution in [0.5, 0.6) is 11.8 Å². The standard InChI is InChI=1S/C16H13NO3/c1-19-15-8-7-13-12(10-18)9-14(20-16(13)17-15)11-5-3-2-4-6-11/h2-10,12H,1H3. The van der Waals surface area contributed by atoms with Crippen LogP contribution in [0.1, 0.15) is 17.0 Å². The van der Waals surface area contributed by atoms with Crippen LogP contribution in [0, 0.1) is 0 Å². The first-order valence-corrected chi connectivity index (χ1v) is 6.27. The van der Waals surface area contributed by atoms with E-state index >= 15 is 0 Å². The lowest BCUT2D eigenvalue weighted by molar-refractivity contribution is -0.108. The van der Waals surface area contributed by atoms with E-state index in [2.05, 4.69) is 4.98 Å². The van der Waals surface area contributed by atoms with E-state index < -0.39 is 0 Å². The van der Waals surface area contributed by atoms with Gasteiger partial charge >= 0.3 is 0 Å². The summed E-state index contributed by atoms with van der Waals surface area (Å²) in [4.78, 5) is 15.6. The maximum absolute atomic E-state index is 11.3. The maximum atomic E-state index is 11.3. The number of pyridine rings is 1. The average molecular weight is 267 g/mol. The molecule has 0 saturated heterocycles. The molecule has 1 atom stereocenters. The Kier molecular flexibility index (Phi) is 3.21. The molecule has 0 amide bonds. The number of allylic oxidation sites excluding steroid dienone is 1. The Morgan fingerprint density at radius 3 is 2.70 bits per heavy atom. The predicted octanol–water partition coefficient (Wildman–Crippen LogP) is 2.81. The Hall–Kier alpha value is -2.62. The van der Waals surface area contributed by atoms with Gasteiger partial charge in [-0.25, -0.2) is 0 Å². The second-order valence-corrected chi connectivity index (χ2v) is 4.41. The van der Waals surface area contributed by atoms with Gasteiger partial charge in [-0.2, -0.15) is 4.98 Å². The number of fused-ring (bicyclic) bond motifs is 1. The number of benzene rings is 1. The average Bonchev–Trinajstić information content (AvgIpc) is 2.54. The van der Waals surface area contributed by atoms with E-state index in [1.807, 2.05) is 30.3 Å². The van der Waals surface area contributed by atoms with E-state index in [0.29, 0.717) is 17.5 Å². The topological polar surface area (TPSA) is 48.4 Å². The van der Waals surface area contributed by atoms with Crippen LogP contribution >= 0.6 is 0 Å². The van der Waals surface area contributed by atoms with Gasteiger partial charge in [-0.3, -0.25) is 0 Å². The first kappa shape index (κ1) is 12.4. The van der Waals surface area contributed by atoms with Crippen molar-refractivity contribution in [2.75, 3.05) is 7.11 Å². The zero-order valence-corrected chi connectivity index (χ0v) is 10.9. The molecule has 1 aliphatic rings. The minimum atomic E-state index is -0.354. The van der Waals surface area contributed by atoms with Crippen molar-refractivity contribution in [3.8, 4) is 11.8 Å². The zero-order chi connectivity index (χ0) is 13.9. The van der Waals surface area contributed by atoms with Crippen LogP contribution in [0.15, 0.2) is 48.5 Å². The van der Waals surface area contributed by atoms with Crippen LogP contribution in [-0.4, -0.2) is 18.4 Å². The minimum absolute atomic E-state index is 0.354. The van der Waals surface area contributed by atoms with Gasteiger partial charge in [0.15, 0.2) is 0 Å². The van der Waals surface area contributed by atoms with E-state index in [9.17, 15) is 4.79 Å². The molecule has 0 N–H and O–H groups in total. The lowest BCUT2D eigenvalue weighted by Gasteiger charge is -2.21. The number of rotatable bonds is 3. The van der Waals surface area contributed by atoms with Gasteiger partial charge in [-0.1, -0.05) is 30.3 Å². The number of aldehydes is 1. The molecule has 4 nitrogen and oxygen atoms in total. The Labute approximate surface area is 116 Å². The number of ether oxygens (including phenoxy) is 2. The van der Waals surface area contributed by atoms with E-state index in [1.54, 1.807) is 25.3 Å². The summed E-state index contributed by atoms with van der Waals surface area (Å²) in [5, 5.41) is 0. The van der Waals surface area contributed by atoms with Crippen LogP contribution in [0.2, 0.25) is 0 Å². The summed E-state index contributed by atoms with van der Waals surface area (Å²) in [5.74, 6) is 1.16. The summed E-state index contributed by atoms with van der Waals surface area (Å²) >= 11 is 0. The number of hydrogen-bond acceptors (Lipinski definition) is 4. The van der Waals surface area contributed by atoms with E-state index in [1.165, 1.54) is 0 Å². The van der Waals surface area contributed by atoms with Gasteiger partial charge in [0.05, 0.1) is 13.0 Å². The van der Waals surface area contributed by atoms with Crippen molar-refractivity contribution in [2.45, 2.75) is 5.92 Å². The van der Waals surface area contributed by atoms with E-state index in [4.69, 9.17) is 9.47 Å². The summed E-state index contributed by atoms with van der Waals surface area (Å²) in [5.41, 5.74) is 1.66. The van der Waals surface area contributed by atoms with Gasteiger partial charge in [-0.15, -0.1) is 0 Å². The molecular weight excluding hydrogens is 254 g/mol. The highest BCUT2D eigenvalue weighted by molar-refractivity contribution is 5.76. The van der Waals surface area contributed by atoms with Crippen molar-refractivity contribution in [2.24, 2.45) is 0 Å². The molecule has 3 rings (SSSR count). The fourth-order valence-electron chi connectivity index (χ4n) is 2.14. The summed E-state index contributed by atoms with van der Waals surface area (Å²) in [6.07, 6.45) is 2.69. The van der Waals surface area contributed by atoms with Crippen molar-refractivity contribution in [3.63, 3.8) is 0 Å². The first-order valence-electron chi connectivity index (χ1n) is 6.27. The highest BCUT2D eigenvalue weighted by Crippen LogP contribution is 2.36. The lowest BCUT2D eigenvalue weighted by atomic mass is 9.97. The summed E-state index contributed by atoms with van der Waals surface area (Å²) in [6.45, 7) is 0. The molecule has 100 valence electrons. The molecule has 20 heavy (non-hydrogen) atoms. The molecule has 4 heteroatoms. The Balaban J connectivity index is 2.05. The van der Waals surface area contributed by atoms with Crippen LogP contribution < -0.4 is 9.47 Å². The summed E-state index contributed by atoms with van der Waals surface area (Å²) in [7, 11) is 1.54. The molecule has 0 bridgehead atoms. The fraction of sp³-hybridized carbons (Fsp3) is 0.125. The Morgan fingerprint density at radius 1 is 1.20 bits per heavy atom.